The highest BCUT2D eigenvalue weighted by molar-refractivity contribution is 7.92. The van der Waals surface area contributed by atoms with E-state index in [0.717, 1.165) is 5.56 Å². The number of amides is 1. The van der Waals surface area contributed by atoms with E-state index < -0.39 is 15.9 Å². The molecule has 0 aliphatic heterocycles. The van der Waals surface area contributed by atoms with E-state index in [9.17, 15) is 13.2 Å². The molecule has 0 radical (unpaired) electrons. The maximum atomic E-state index is 13.2. The third-order valence-corrected chi connectivity index (χ3v) is 6.06. The Morgan fingerprint density at radius 1 is 0.903 bits per heavy atom. The van der Waals surface area contributed by atoms with Gasteiger partial charge >= 0.3 is 0 Å². The lowest BCUT2D eigenvalue weighted by Gasteiger charge is -2.08. The van der Waals surface area contributed by atoms with Crippen LogP contribution in [0.3, 0.4) is 0 Å². The summed E-state index contributed by atoms with van der Waals surface area (Å²) in [5.74, 6) is -0.581. The van der Waals surface area contributed by atoms with E-state index >= 15 is 0 Å². The molecule has 0 aliphatic carbocycles. The Morgan fingerprint density at radius 3 is 2.13 bits per heavy atom. The lowest BCUT2D eigenvalue weighted by molar-refractivity contribution is 0.100. The number of primary amides is 1. The third-order valence-electron chi connectivity index (χ3n) is 4.67. The van der Waals surface area contributed by atoms with Crippen LogP contribution in [0.25, 0.3) is 11.3 Å². The van der Waals surface area contributed by atoms with Crippen LogP contribution in [0.2, 0.25) is 0 Å². The predicted molar refractivity (Wildman–Crippen MR) is 119 cm³/mol. The van der Waals surface area contributed by atoms with E-state index in [-0.39, 0.29) is 4.90 Å². The number of hydrogen-bond acceptors (Lipinski definition) is 4. The standard InChI is InChI=1S/C23H20N4O3S/c24-23(28)19-11-13-20(14-12-19)26-31(29,30)21-16-27(15-17-7-3-1-4-8-17)25-22(21)18-9-5-2-6-10-18/h1-14,16,26H,15H2,(H2,24,28). The van der Waals surface area contributed by atoms with Gasteiger partial charge in [-0.05, 0) is 29.8 Å². The van der Waals surface area contributed by atoms with Crippen molar-refractivity contribution in [2.45, 2.75) is 11.4 Å². The molecule has 0 spiro atoms. The SMILES string of the molecule is NC(=O)c1ccc(NS(=O)(=O)c2cn(Cc3ccccc3)nc2-c2ccccc2)cc1. The number of benzene rings is 3. The first kappa shape index (κ1) is 20.4. The van der Waals surface area contributed by atoms with Crippen LogP contribution in [0.1, 0.15) is 15.9 Å². The second-order valence-electron chi connectivity index (χ2n) is 6.94. The molecule has 0 atom stereocenters. The molecule has 0 saturated carbocycles. The Bertz CT molecular complexity index is 1300. The maximum Gasteiger partial charge on any atom is 0.265 e. The summed E-state index contributed by atoms with van der Waals surface area (Å²) < 4.78 is 30.6. The fourth-order valence-electron chi connectivity index (χ4n) is 3.16. The second-order valence-corrected chi connectivity index (χ2v) is 8.59. The van der Waals surface area contributed by atoms with E-state index in [1.165, 1.54) is 30.5 Å². The van der Waals surface area contributed by atoms with Gasteiger partial charge in [0.1, 0.15) is 10.6 Å². The Morgan fingerprint density at radius 2 is 1.52 bits per heavy atom. The van der Waals surface area contributed by atoms with Gasteiger partial charge in [0.05, 0.1) is 6.54 Å². The van der Waals surface area contributed by atoms with Gasteiger partial charge in [0.25, 0.3) is 10.0 Å². The van der Waals surface area contributed by atoms with Crippen molar-refractivity contribution in [1.29, 1.82) is 0 Å². The molecule has 31 heavy (non-hydrogen) atoms. The van der Waals surface area contributed by atoms with Gasteiger partial charge < -0.3 is 5.73 Å². The summed E-state index contributed by atoms with van der Waals surface area (Å²) in [6.45, 7) is 0.434. The molecule has 0 bridgehead atoms. The molecule has 4 rings (SSSR count). The van der Waals surface area contributed by atoms with Gasteiger partial charge in [-0.15, -0.1) is 0 Å². The highest BCUT2D eigenvalue weighted by Crippen LogP contribution is 2.28. The topological polar surface area (TPSA) is 107 Å². The highest BCUT2D eigenvalue weighted by atomic mass is 32.2. The number of carbonyl (C=O) groups is 1. The summed E-state index contributed by atoms with van der Waals surface area (Å²) >= 11 is 0. The number of carbonyl (C=O) groups excluding carboxylic acids is 1. The molecular weight excluding hydrogens is 412 g/mol. The summed E-state index contributed by atoms with van der Waals surface area (Å²) in [4.78, 5) is 11.3. The van der Waals surface area contributed by atoms with Crippen molar-refractivity contribution in [2.24, 2.45) is 5.73 Å². The first-order chi connectivity index (χ1) is 14.9. The fourth-order valence-corrected chi connectivity index (χ4v) is 4.39. The summed E-state index contributed by atoms with van der Waals surface area (Å²) in [5, 5.41) is 4.56. The van der Waals surface area contributed by atoms with Crippen LogP contribution in [0.5, 0.6) is 0 Å². The molecule has 7 nitrogen and oxygen atoms in total. The molecule has 0 aliphatic rings. The number of anilines is 1. The molecule has 1 aromatic heterocycles. The van der Waals surface area contributed by atoms with Crippen molar-refractivity contribution in [3.63, 3.8) is 0 Å². The van der Waals surface area contributed by atoms with Crippen molar-refractivity contribution in [2.75, 3.05) is 4.72 Å². The molecule has 8 heteroatoms. The zero-order chi connectivity index (χ0) is 21.8. The number of hydrogen-bond donors (Lipinski definition) is 2. The summed E-state index contributed by atoms with van der Waals surface area (Å²) in [7, 11) is -3.95. The average Bonchev–Trinajstić information content (AvgIpc) is 3.20. The van der Waals surface area contributed by atoms with Gasteiger partial charge in [-0.2, -0.15) is 5.10 Å². The van der Waals surface area contributed by atoms with Crippen LogP contribution in [0.15, 0.2) is 96.0 Å². The van der Waals surface area contributed by atoms with E-state index in [1.807, 2.05) is 60.7 Å². The van der Waals surface area contributed by atoms with Crippen molar-refractivity contribution in [3.8, 4) is 11.3 Å². The Labute approximate surface area is 180 Å². The van der Waals surface area contributed by atoms with Crippen molar-refractivity contribution in [1.82, 2.24) is 9.78 Å². The lowest BCUT2D eigenvalue weighted by atomic mass is 10.2. The van der Waals surface area contributed by atoms with Gasteiger partial charge in [0.2, 0.25) is 5.91 Å². The largest absolute Gasteiger partial charge is 0.366 e. The third kappa shape index (κ3) is 4.65. The van der Waals surface area contributed by atoms with E-state index in [0.29, 0.717) is 29.1 Å². The summed E-state index contributed by atoms with van der Waals surface area (Å²) in [6.07, 6.45) is 1.52. The lowest BCUT2D eigenvalue weighted by Crippen LogP contribution is -2.14. The molecule has 3 N–H and O–H groups in total. The molecule has 0 unspecified atom stereocenters. The molecule has 3 aromatic carbocycles. The van der Waals surface area contributed by atoms with Crippen molar-refractivity contribution < 1.29 is 13.2 Å². The number of rotatable bonds is 7. The minimum atomic E-state index is -3.95. The minimum Gasteiger partial charge on any atom is -0.366 e. The number of sulfonamides is 1. The van der Waals surface area contributed by atoms with Crippen LogP contribution < -0.4 is 10.5 Å². The van der Waals surface area contributed by atoms with Gasteiger partial charge in [-0.25, -0.2) is 8.42 Å². The molecule has 4 aromatic rings. The van der Waals surface area contributed by atoms with Gasteiger partial charge in [0.15, 0.2) is 0 Å². The van der Waals surface area contributed by atoms with Gasteiger partial charge in [-0.3, -0.25) is 14.2 Å². The number of nitrogens with two attached hydrogens (primary N) is 1. The molecule has 1 heterocycles. The normalized spacial score (nSPS) is 11.2. The fraction of sp³-hybridized carbons (Fsp3) is 0.0435. The van der Waals surface area contributed by atoms with E-state index in [4.69, 9.17) is 5.73 Å². The first-order valence-corrected chi connectivity index (χ1v) is 11.0. The quantitative estimate of drug-likeness (QED) is 0.466. The number of aromatic nitrogens is 2. The monoisotopic (exact) mass is 432 g/mol. The maximum absolute atomic E-state index is 13.2. The van der Waals surface area contributed by atoms with Crippen LogP contribution >= 0.6 is 0 Å². The predicted octanol–water partition coefficient (Wildman–Crippen LogP) is 3.50. The molecule has 156 valence electrons. The van der Waals surface area contributed by atoms with Crippen LogP contribution in [0, 0.1) is 0 Å². The van der Waals surface area contributed by atoms with Gasteiger partial charge in [-0.1, -0.05) is 60.7 Å². The molecule has 0 fully saturated rings. The first-order valence-electron chi connectivity index (χ1n) is 9.52. The smallest absolute Gasteiger partial charge is 0.265 e. The van der Waals surface area contributed by atoms with Crippen LogP contribution in [0.4, 0.5) is 5.69 Å². The summed E-state index contributed by atoms with van der Waals surface area (Å²) in [5.41, 5.74) is 7.91. The van der Waals surface area contributed by atoms with E-state index in [1.54, 1.807) is 4.68 Å². The molecular formula is C23H20N4O3S. The average molecular weight is 433 g/mol. The van der Waals surface area contributed by atoms with Crippen molar-refractivity contribution in [3.05, 3.63) is 102 Å². The minimum absolute atomic E-state index is 0.0635. The van der Waals surface area contributed by atoms with Crippen LogP contribution in [-0.2, 0) is 16.6 Å². The van der Waals surface area contributed by atoms with Gasteiger partial charge in [0, 0.05) is 23.0 Å². The van der Waals surface area contributed by atoms with Crippen LogP contribution in [-0.4, -0.2) is 24.1 Å². The Kier molecular flexibility index (Phi) is 5.55. The second kappa shape index (κ2) is 8.45. The number of nitrogens with one attached hydrogen (secondary N) is 1. The van der Waals surface area contributed by atoms with Crippen molar-refractivity contribution >= 4 is 21.6 Å². The zero-order valence-electron chi connectivity index (χ0n) is 16.5. The summed E-state index contributed by atoms with van der Waals surface area (Å²) in [6, 6.07) is 24.8. The Balaban J connectivity index is 1.71. The Hall–Kier alpha value is -3.91. The molecule has 0 saturated heterocycles. The van der Waals surface area contributed by atoms with E-state index in [2.05, 4.69) is 9.82 Å². The number of nitrogens with zero attached hydrogens (tertiary/aromatic N) is 2. The zero-order valence-corrected chi connectivity index (χ0v) is 17.3. The highest BCUT2D eigenvalue weighted by Gasteiger charge is 2.24. The molecule has 1 amide bonds.